The van der Waals surface area contributed by atoms with E-state index < -0.39 is 0 Å². The minimum absolute atomic E-state index is 0.508. The average molecular weight is 288 g/mol. The lowest BCUT2D eigenvalue weighted by atomic mass is 9.84. The summed E-state index contributed by atoms with van der Waals surface area (Å²) in [6.07, 6.45) is 0. The molecule has 2 heteroatoms. The molecule has 2 nitrogen and oxygen atoms in total. The molecule has 2 unspecified atom stereocenters. The highest BCUT2D eigenvalue weighted by molar-refractivity contribution is 5.23. The first-order chi connectivity index (χ1) is 9.90. The maximum atomic E-state index is 5.65. The summed E-state index contributed by atoms with van der Waals surface area (Å²) in [6.45, 7) is 18.3. The lowest BCUT2D eigenvalue weighted by molar-refractivity contribution is 0.246. The van der Waals surface area contributed by atoms with E-state index in [0.29, 0.717) is 24.3 Å². The zero-order valence-corrected chi connectivity index (χ0v) is 14.4. The maximum absolute atomic E-state index is 5.65. The Balaban J connectivity index is 2.75. The van der Waals surface area contributed by atoms with E-state index in [9.17, 15) is 0 Å². The molecule has 2 atom stereocenters. The van der Waals surface area contributed by atoms with Gasteiger partial charge in [0.05, 0.1) is 0 Å². The molecule has 0 saturated heterocycles. The minimum atomic E-state index is 0.508. The van der Waals surface area contributed by atoms with Crippen molar-refractivity contribution in [1.82, 2.24) is 4.90 Å². The molecule has 0 aliphatic rings. The van der Waals surface area contributed by atoms with Gasteiger partial charge in [-0.15, -0.1) is 0 Å². The summed E-state index contributed by atoms with van der Waals surface area (Å²) >= 11 is 0. The molecule has 0 amide bonds. The Hall–Kier alpha value is -1.28. The number of nitrogens with two attached hydrogens (primary N) is 1. The third-order valence-corrected chi connectivity index (χ3v) is 4.79. The van der Waals surface area contributed by atoms with Crippen molar-refractivity contribution >= 4 is 0 Å². The van der Waals surface area contributed by atoms with E-state index in [0.717, 1.165) is 13.1 Å². The molecule has 0 radical (unpaired) electrons. The van der Waals surface area contributed by atoms with Crippen LogP contribution in [-0.4, -0.2) is 11.4 Å². The van der Waals surface area contributed by atoms with Gasteiger partial charge in [0.25, 0.3) is 0 Å². The van der Waals surface area contributed by atoms with Crippen LogP contribution in [0.5, 0.6) is 0 Å². The predicted molar refractivity (Wildman–Crippen MR) is 92.7 cm³/mol. The Morgan fingerprint density at radius 2 is 1.62 bits per heavy atom. The van der Waals surface area contributed by atoms with E-state index in [1.807, 2.05) is 0 Å². The number of nitrogens with zero attached hydrogens (tertiary/aromatic N) is 1. The van der Waals surface area contributed by atoms with Crippen LogP contribution in [0, 0.1) is 17.8 Å². The molecule has 0 aromatic heterocycles. The van der Waals surface area contributed by atoms with E-state index in [1.54, 1.807) is 0 Å². The third kappa shape index (κ3) is 4.89. The molecular formula is C19H32N2. The number of benzene rings is 1. The average Bonchev–Trinajstić information content (AvgIpc) is 2.50. The van der Waals surface area contributed by atoms with Crippen molar-refractivity contribution in [3.63, 3.8) is 0 Å². The van der Waals surface area contributed by atoms with Crippen molar-refractivity contribution < 1.29 is 0 Å². The topological polar surface area (TPSA) is 29.3 Å². The van der Waals surface area contributed by atoms with Crippen LogP contribution in [0.3, 0.4) is 0 Å². The first-order valence-corrected chi connectivity index (χ1v) is 8.12. The minimum Gasteiger partial charge on any atom is -0.371 e. The van der Waals surface area contributed by atoms with Crippen molar-refractivity contribution in [3.05, 3.63) is 47.7 Å². The van der Waals surface area contributed by atoms with Gasteiger partial charge < -0.3 is 10.6 Å². The van der Waals surface area contributed by atoms with Crippen LogP contribution in [0.2, 0.25) is 0 Å². The van der Waals surface area contributed by atoms with Gasteiger partial charge in [0, 0.05) is 25.3 Å². The van der Waals surface area contributed by atoms with Gasteiger partial charge in [-0.05, 0) is 35.8 Å². The molecule has 0 aliphatic heterocycles. The molecule has 0 fully saturated rings. The van der Waals surface area contributed by atoms with E-state index in [1.165, 1.54) is 16.8 Å². The molecule has 2 N–H and O–H groups in total. The van der Waals surface area contributed by atoms with E-state index in [4.69, 9.17) is 5.73 Å². The van der Waals surface area contributed by atoms with Crippen LogP contribution >= 0.6 is 0 Å². The normalized spacial score (nSPS) is 14.0. The molecular weight excluding hydrogens is 256 g/mol. The molecule has 1 rings (SSSR count). The van der Waals surface area contributed by atoms with Gasteiger partial charge in [-0.25, -0.2) is 0 Å². The second-order valence-electron chi connectivity index (χ2n) is 6.42. The van der Waals surface area contributed by atoms with Crippen LogP contribution in [0.15, 0.2) is 36.5 Å². The van der Waals surface area contributed by atoms with E-state index >= 15 is 0 Å². The Kier molecular flexibility index (Phi) is 6.97. The summed E-state index contributed by atoms with van der Waals surface area (Å²) in [5.41, 5.74) is 9.41. The first-order valence-electron chi connectivity index (χ1n) is 8.12. The fraction of sp³-hybridized carbons (Fsp3) is 0.579. The Morgan fingerprint density at radius 1 is 1.10 bits per heavy atom. The summed E-state index contributed by atoms with van der Waals surface area (Å²) in [5.74, 6) is 1.83. The van der Waals surface area contributed by atoms with Crippen LogP contribution in [0.1, 0.15) is 45.7 Å². The number of allylic oxidation sites excluding steroid dienone is 1. The third-order valence-electron chi connectivity index (χ3n) is 4.79. The van der Waals surface area contributed by atoms with E-state index in [2.05, 4.69) is 70.4 Å². The van der Waals surface area contributed by atoms with Crippen molar-refractivity contribution in [2.24, 2.45) is 23.5 Å². The Labute approximate surface area is 131 Å². The summed E-state index contributed by atoms with van der Waals surface area (Å²) < 4.78 is 0. The smallest absolute Gasteiger partial charge is 0.0426 e. The molecule has 118 valence electrons. The van der Waals surface area contributed by atoms with Gasteiger partial charge >= 0.3 is 0 Å². The maximum Gasteiger partial charge on any atom is 0.0426 e. The molecule has 1 aromatic carbocycles. The highest BCUT2D eigenvalue weighted by Gasteiger charge is 2.21. The SMILES string of the molecule is C=C(C(C)C(C)C(C)C)N(CC)Cc1ccc(CN)cc1. The van der Waals surface area contributed by atoms with Gasteiger partial charge in [-0.3, -0.25) is 0 Å². The Bertz CT molecular complexity index is 433. The van der Waals surface area contributed by atoms with Crippen LogP contribution < -0.4 is 5.73 Å². The number of hydrogen-bond donors (Lipinski definition) is 1. The van der Waals surface area contributed by atoms with Crippen LogP contribution in [0.4, 0.5) is 0 Å². The van der Waals surface area contributed by atoms with Gasteiger partial charge in [-0.1, -0.05) is 58.5 Å². The lowest BCUT2D eigenvalue weighted by Crippen LogP contribution is -2.29. The highest BCUT2D eigenvalue weighted by atomic mass is 15.1. The second-order valence-corrected chi connectivity index (χ2v) is 6.42. The van der Waals surface area contributed by atoms with Crippen molar-refractivity contribution in [3.8, 4) is 0 Å². The molecule has 0 aliphatic carbocycles. The quantitative estimate of drug-likeness (QED) is 0.768. The first kappa shape index (κ1) is 17.8. The zero-order valence-electron chi connectivity index (χ0n) is 14.4. The molecule has 0 bridgehead atoms. The standard InChI is InChI=1S/C19H32N2/c1-7-21(17(6)16(5)15(4)14(2)3)13-19-10-8-18(12-20)9-11-19/h8-11,14-16H,6-7,12-13,20H2,1-5H3. The van der Waals surface area contributed by atoms with Crippen LogP contribution in [-0.2, 0) is 13.1 Å². The molecule has 0 spiro atoms. The zero-order chi connectivity index (χ0) is 16.0. The molecule has 0 heterocycles. The van der Waals surface area contributed by atoms with Gasteiger partial charge in [-0.2, -0.15) is 0 Å². The summed E-state index contributed by atoms with van der Waals surface area (Å²) in [5, 5.41) is 0. The Morgan fingerprint density at radius 3 is 2.05 bits per heavy atom. The molecule has 21 heavy (non-hydrogen) atoms. The summed E-state index contributed by atoms with van der Waals surface area (Å²) in [7, 11) is 0. The number of rotatable bonds is 8. The highest BCUT2D eigenvalue weighted by Crippen LogP contribution is 2.28. The fourth-order valence-electron chi connectivity index (χ4n) is 2.59. The van der Waals surface area contributed by atoms with Gasteiger partial charge in [0.15, 0.2) is 0 Å². The summed E-state index contributed by atoms with van der Waals surface area (Å²) in [6, 6.07) is 8.58. The van der Waals surface area contributed by atoms with Gasteiger partial charge in [0.1, 0.15) is 0 Å². The summed E-state index contributed by atoms with van der Waals surface area (Å²) in [4.78, 5) is 2.39. The predicted octanol–water partition coefficient (Wildman–Crippen LogP) is 4.41. The monoisotopic (exact) mass is 288 g/mol. The molecule has 0 saturated carbocycles. The van der Waals surface area contributed by atoms with Crippen molar-refractivity contribution in [2.45, 2.75) is 47.7 Å². The van der Waals surface area contributed by atoms with Crippen molar-refractivity contribution in [1.29, 1.82) is 0 Å². The van der Waals surface area contributed by atoms with E-state index in [-0.39, 0.29) is 0 Å². The number of hydrogen-bond acceptors (Lipinski definition) is 2. The molecule has 1 aromatic rings. The van der Waals surface area contributed by atoms with Gasteiger partial charge in [0.2, 0.25) is 0 Å². The second kappa shape index (κ2) is 8.23. The van der Waals surface area contributed by atoms with Crippen LogP contribution in [0.25, 0.3) is 0 Å². The largest absolute Gasteiger partial charge is 0.371 e. The fourth-order valence-corrected chi connectivity index (χ4v) is 2.59. The lowest BCUT2D eigenvalue weighted by Gasteiger charge is -2.33. The van der Waals surface area contributed by atoms with Crippen molar-refractivity contribution in [2.75, 3.05) is 6.54 Å².